The molecule has 0 aromatic heterocycles. The van der Waals surface area contributed by atoms with Crippen molar-refractivity contribution in [2.75, 3.05) is 6.61 Å². The summed E-state index contributed by atoms with van der Waals surface area (Å²) in [5.74, 6) is 0.0478. The van der Waals surface area contributed by atoms with Gasteiger partial charge in [-0.2, -0.15) is 0 Å². The zero-order valence-electron chi connectivity index (χ0n) is 11.5. The van der Waals surface area contributed by atoms with Crippen molar-refractivity contribution in [3.63, 3.8) is 0 Å². The number of ether oxygens (including phenoxy) is 2. The zero-order valence-corrected chi connectivity index (χ0v) is 11.5. The predicted octanol–water partition coefficient (Wildman–Crippen LogP) is 0.0688. The van der Waals surface area contributed by atoms with Crippen LogP contribution in [0.5, 0.6) is 17.2 Å². The molecule has 3 rings (SSSR count). The number of hydrogen-bond acceptors (Lipinski definition) is 7. The molecule has 7 nitrogen and oxygen atoms in total. The van der Waals surface area contributed by atoms with Crippen molar-refractivity contribution in [2.24, 2.45) is 0 Å². The number of aromatic hydroxyl groups is 2. The van der Waals surface area contributed by atoms with Gasteiger partial charge < -0.3 is 35.0 Å². The summed E-state index contributed by atoms with van der Waals surface area (Å²) in [7, 11) is 0. The van der Waals surface area contributed by atoms with Crippen molar-refractivity contribution in [1.82, 2.24) is 0 Å². The Morgan fingerprint density at radius 2 is 1.68 bits per heavy atom. The number of benzene rings is 2. The number of fused-ring (bicyclic) bond motifs is 1. The van der Waals surface area contributed by atoms with E-state index in [1.807, 2.05) is 0 Å². The molecule has 5 N–H and O–H groups in total. The Kier molecular flexibility index (Phi) is 3.79. The highest BCUT2D eigenvalue weighted by Gasteiger charge is 2.39. The molecule has 7 heteroatoms. The van der Waals surface area contributed by atoms with E-state index in [4.69, 9.17) is 9.47 Å². The molecule has 22 heavy (non-hydrogen) atoms. The maximum absolute atomic E-state index is 9.98. The highest BCUT2D eigenvalue weighted by molar-refractivity contribution is 5.97. The maximum Gasteiger partial charge on any atom is 0.228 e. The van der Waals surface area contributed by atoms with E-state index in [2.05, 4.69) is 0 Å². The fraction of sp³-hybridized carbons (Fsp3) is 0.333. The average molecular weight is 308 g/mol. The van der Waals surface area contributed by atoms with Gasteiger partial charge in [0.25, 0.3) is 0 Å². The molecule has 1 aliphatic rings. The number of phenolic OH excluding ortho intramolecular Hbond substituents is 2. The summed E-state index contributed by atoms with van der Waals surface area (Å²) >= 11 is 0. The second-order valence-corrected chi connectivity index (χ2v) is 5.15. The lowest BCUT2D eigenvalue weighted by Crippen LogP contribution is -2.54. The van der Waals surface area contributed by atoms with Gasteiger partial charge in [0.2, 0.25) is 6.29 Å². The Balaban J connectivity index is 1.96. The lowest BCUT2D eigenvalue weighted by Gasteiger charge is -2.35. The molecule has 0 radical (unpaired) electrons. The molecule has 0 saturated carbocycles. The van der Waals surface area contributed by atoms with Crippen LogP contribution < -0.4 is 4.74 Å². The smallest absolute Gasteiger partial charge is 0.228 e. The van der Waals surface area contributed by atoms with Gasteiger partial charge in [0.1, 0.15) is 35.6 Å². The fourth-order valence-corrected chi connectivity index (χ4v) is 2.45. The fourth-order valence-electron chi connectivity index (χ4n) is 2.45. The molecule has 1 fully saturated rings. The van der Waals surface area contributed by atoms with E-state index in [1.54, 1.807) is 12.1 Å². The monoisotopic (exact) mass is 308 g/mol. The molecule has 0 aliphatic carbocycles. The van der Waals surface area contributed by atoms with Gasteiger partial charge in [-0.1, -0.05) is 12.1 Å². The molecule has 4 atom stereocenters. The number of aliphatic hydroxyl groups is 3. The molecule has 2 aromatic carbocycles. The van der Waals surface area contributed by atoms with E-state index < -0.39 is 24.6 Å². The quantitative estimate of drug-likeness (QED) is 0.498. The second kappa shape index (κ2) is 5.62. The maximum atomic E-state index is 9.98. The molecule has 1 heterocycles. The largest absolute Gasteiger partial charge is 0.507 e. The number of hydrogen-bond donors (Lipinski definition) is 5. The third-order valence-electron chi connectivity index (χ3n) is 3.65. The SMILES string of the molecule is Oc1ccc(O)c2c(O[C@H]3OC[C@@H](O)[C@H](O)[C@H]3O)cccc12. The third kappa shape index (κ3) is 2.44. The Bertz CT molecular complexity index is 687. The number of rotatable bonds is 2. The van der Waals surface area contributed by atoms with Crippen LogP contribution in [0.4, 0.5) is 0 Å². The van der Waals surface area contributed by atoms with Crippen LogP contribution in [0.3, 0.4) is 0 Å². The lowest BCUT2D eigenvalue weighted by molar-refractivity contribution is -0.241. The summed E-state index contributed by atoms with van der Waals surface area (Å²) in [5.41, 5.74) is 0. The van der Waals surface area contributed by atoms with E-state index in [0.717, 1.165) is 0 Å². The summed E-state index contributed by atoms with van der Waals surface area (Å²) in [6, 6.07) is 7.43. The summed E-state index contributed by atoms with van der Waals surface area (Å²) in [6.07, 6.45) is -5.24. The van der Waals surface area contributed by atoms with E-state index in [1.165, 1.54) is 18.2 Å². The minimum absolute atomic E-state index is 0.0289. The van der Waals surface area contributed by atoms with Crippen molar-refractivity contribution in [1.29, 1.82) is 0 Å². The first-order valence-corrected chi connectivity index (χ1v) is 6.75. The molecule has 2 aromatic rings. The van der Waals surface area contributed by atoms with E-state index >= 15 is 0 Å². The number of aliphatic hydroxyl groups excluding tert-OH is 3. The van der Waals surface area contributed by atoms with Gasteiger partial charge in [-0.15, -0.1) is 0 Å². The average Bonchev–Trinajstić information content (AvgIpc) is 2.52. The van der Waals surface area contributed by atoms with Gasteiger partial charge >= 0.3 is 0 Å². The first kappa shape index (κ1) is 14.9. The molecule has 118 valence electrons. The third-order valence-corrected chi connectivity index (χ3v) is 3.65. The highest BCUT2D eigenvalue weighted by Crippen LogP contribution is 2.38. The van der Waals surface area contributed by atoms with Crippen LogP contribution in [-0.4, -0.2) is 56.7 Å². The first-order valence-electron chi connectivity index (χ1n) is 6.75. The standard InChI is InChI=1S/C15H16O7/c16-8-4-5-9(17)12-7(8)2-1-3-11(12)22-15-14(20)13(19)10(18)6-21-15/h1-5,10,13-20H,6H2/t10-,13+,14-,15-/m1/s1. The van der Waals surface area contributed by atoms with Gasteiger partial charge in [-0.05, 0) is 18.2 Å². The Hall–Kier alpha value is -2.06. The van der Waals surface area contributed by atoms with Crippen molar-refractivity contribution >= 4 is 10.8 Å². The summed E-state index contributed by atoms with van der Waals surface area (Å²) in [6.45, 7) is -0.190. The van der Waals surface area contributed by atoms with E-state index in [-0.39, 0.29) is 29.2 Å². The molecule has 1 aliphatic heterocycles. The van der Waals surface area contributed by atoms with Gasteiger partial charge in [0.15, 0.2) is 0 Å². The summed E-state index contributed by atoms with van der Waals surface area (Å²) in [4.78, 5) is 0. The van der Waals surface area contributed by atoms with Crippen molar-refractivity contribution < 1.29 is 35.0 Å². The first-order chi connectivity index (χ1) is 10.5. The Morgan fingerprint density at radius 1 is 0.955 bits per heavy atom. The Morgan fingerprint density at radius 3 is 2.45 bits per heavy atom. The number of phenols is 2. The van der Waals surface area contributed by atoms with Crippen molar-refractivity contribution in [3.8, 4) is 17.2 Å². The predicted molar refractivity (Wildman–Crippen MR) is 75.7 cm³/mol. The minimum atomic E-state index is -1.45. The van der Waals surface area contributed by atoms with Crippen LogP contribution in [0.2, 0.25) is 0 Å². The van der Waals surface area contributed by atoms with Crippen molar-refractivity contribution in [2.45, 2.75) is 24.6 Å². The van der Waals surface area contributed by atoms with Crippen molar-refractivity contribution in [3.05, 3.63) is 30.3 Å². The van der Waals surface area contributed by atoms with E-state index in [9.17, 15) is 25.5 Å². The molecule has 0 spiro atoms. The topological polar surface area (TPSA) is 120 Å². The minimum Gasteiger partial charge on any atom is -0.507 e. The second-order valence-electron chi connectivity index (χ2n) is 5.15. The van der Waals surface area contributed by atoms with E-state index in [0.29, 0.717) is 5.39 Å². The zero-order chi connectivity index (χ0) is 15.9. The van der Waals surface area contributed by atoms with Crippen LogP contribution in [-0.2, 0) is 4.74 Å². The molecule has 0 unspecified atom stereocenters. The van der Waals surface area contributed by atoms with Crippen LogP contribution in [0.25, 0.3) is 10.8 Å². The summed E-state index contributed by atoms with van der Waals surface area (Å²) < 4.78 is 10.7. The van der Waals surface area contributed by atoms with Gasteiger partial charge in [0.05, 0.1) is 12.0 Å². The highest BCUT2D eigenvalue weighted by atomic mass is 16.7. The molecular weight excluding hydrogens is 292 g/mol. The van der Waals surface area contributed by atoms with Crippen LogP contribution in [0.15, 0.2) is 30.3 Å². The molecular formula is C15H16O7. The summed E-state index contributed by atoms with van der Waals surface area (Å²) in [5, 5.41) is 49.4. The van der Waals surface area contributed by atoms with Crippen LogP contribution in [0.1, 0.15) is 0 Å². The Labute approximate surface area is 125 Å². The van der Waals surface area contributed by atoms with Gasteiger partial charge in [0, 0.05) is 5.39 Å². The molecule has 0 bridgehead atoms. The van der Waals surface area contributed by atoms with Gasteiger partial charge in [-0.3, -0.25) is 0 Å². The van der Waals surface area contributed by atoms with Gasteiger partial charge in [-0.25, -0.2) is 0 Å². The molecule has 1 saturated heterocycles. The normalized spacial score (nSPS) is 28.7. The van der Waals surface area contributed by atoms with Crippen LogP contribution in [0, 0.1) is 0 Å². The molecule has 0 amide bonds. The van der Waals surface area contributed by atoms with Crippen LogP contribution >= 0.6 is 0 Å². The lowest BCUT2D eigenvalue weighted by atomic mass is 10.1.